The fourth-order valence-electron chi connectivity index (χ4n) is 1.25. The van der Waals surface area contributed by atoms with E-state index in [4.69, 9.17) is 5.11 Å². The van der Waals surface area contributed by atoms with Crippen molar-refractivity contribution in [3.8, 4) is 0 Å². The van der Waals surface area contributed by atoms with Crippen molar-refractivity contribution in [2.75, 3.05) is 0 Å². The fraction of sp³-hybridized carbons (Fsp3) is 0.300. The predicted molar refractivity (Wildman–Crippen MR) is 47.7 cm³/mol. The maximum absolute atomic E-state index is 13.3. The molecule has 0 bridgehead atoms. The summed E-state index contributed by atoms with van der Waals surface area (Å²) in [5.41, 5.74) is -2.71. The smallest absolute Gasteiger partial charge is 0.419 e. The third-order valence-corrected chi connectivity index (χ3v) is 2.11. The average molecular weight is 272 g/mol. The minimum Gasteiger partial charge on any atom is -0.477 e. The van der Waals surface area contributed by atoms with E-state index in [9.17, 15) is 31.1 Å². The number of alkyl halides is 5. The van der Waals surface area contributed by atoms with Gasteiger partial charge in [0.05, 0.1) is 12.0 Å². The van der Waals surface area contributed by atoms with Crippen molar-refractivity contribution in [2.24, 2.45) is 0 Å². The number of hydrogen-bond donors (Lipinski definition) is 1. The third kappa shape index (κ3) is 2.93. The van der Waals surface area contributed by atoms with Gasteiger partial charge < -0.3 is 5.11 Å². The van der Waals surface area contributed by atoms with Crippen LogP contribution < -0.4 is 0 Å². The fourth-order valence-corrected chi connectivity index (χ4v) is 1.25. The Kier molecular flexibility index (Phi) is 3.59. The zero-order chi connectivity index (χ0) is 14.1. The maximum atomic E-state index is 13.3. The SMILES string of the molecule is O=C(O)C(F)(F)Cc1cccc(C(F)(F)F)c1F. The number of rotatable bonds is 3. The van der Waals surface area contributed by atoms with Gasteiger partial charge in [0, 0.05) is 0 Å². The number of aliphatic carboxylic acids is 1. The molecule has 1 aromatic rings. The Hall–Kier alpha value is -1.73. The zero-order valence-corrected chi connectivity index (χ0v) is 8.56. The summed E-state index contributed by atoms with van der Waals surface area (Å²) in [5.74, 6) is -8.74. The molecule has 1 N–H and O–H groups in total. The Morgan fingerprint density at radius 2 is 1.72 bits per heavy atom. The molecule has 0 amide bonds. The average Bonchev–Trinajstić information content (AvgIpc) is 2.18. The van der Waals surface area contributed by atoms with Gasteiger partial charge in [0.25, 0.3) is 0 Å². The molecule has 1 rings (SSSR count). The van der Waals surface area contributed by atoms with Crippen molar-refractivity contribution in [2.45, 2.75) is 18.5 Å². The minimum absolute atomic E-state index is 0.387. The van der Waals surface area contributed by atoms with Crippen LogP contribution in [0.25, 0.3) is 0 Å². The first kappa shape index (κ1) is 14.3. The first-order valence-electron chi connectivity index (χ1n) is 4.51. The number of carboxylic acid groups (broad SMARTS) is 1. The second-order valence-corrected chi connectivity index (χ2v) is 3.46. The van der Waals surface area contributed by atoms with Crippen molar-refractivity contribution in [3.05, 3.63) is 35.1 Å². The zero-order valence-electron chi connectivity index (χ0n) is 8.56. The summed E-state index contributed by atoms with van der Waals surface area (Å²) in [7, 11) is 0. The summed E-state index contributed by atoms with van der Waals surface area (Å²) < 4.78 is 75.7. The van der Waals surface area contributed by atoms with E-state index in [0.29, 0.717) is 12.1 Å². The summed E-state index contributed by atoms with van der Waals surface area (Å²) in [4.78, 5) is 10.1. The Balaban J connectivity index is 3.17. The highest BCUT2D eigenvalue weighted by Gasteiger charge is 2.41. The standard InChI is InChI=1S/C10H6F6O2/c11-7-5(4-9(12,13)8(17)18)2-1-3-6(7)10(14,15)16/h1-3H,4H2,(H,17,18). The molecule has 1 aromatic carbocycles. The van der Waals surface area contributed by atoms with Crippen molar-refractivity contribution in [3.63, 3.8) is 0 Å². The van der Waals surface area contributed by atoms with Crippen LogP contribution in [0, 0.1) is 5.82 Å². The molecule has 8 heteroatoms. The van der Waals surface area contributed by atoms with Crippen molar-refractivity contribution >= 4 is 5.97 Å². The molecule has 0 aliphatic rings. The monoisotopic (exact) mass is 272 g/mol. The molecule has 18 heavy (non-hydrogen) atoms. The van der Waals surface area contributed by atoms with Gasteiger partial charge in [0.1, 0.15) is 5.82 Å². The molecular weight excluding hydrogens is 266 g/mol. The molecule has 0 saturated carbocycles. The third-order valence-electron chi connectivity index (χ3n) is 2.11. The van der Waals surface area contributed by atoms with Crippen molar-refractivity contribution < 1.29 is 36.2 Å². The lowest BCUT2D eigenvalue weighted by molar-refractivity contribution is -0.164. The Morgan fingerprint density at radius 1 is 1.17 bits per heavy atom. The van der Waals surface area contributed by atoms with Crippen LogP contribution in [0.15, 0.2) is 18.2 Å². The van der Waals surface area contributed by atoms with E-state index in [-0.39, 0.29) is 0 Å². The van der Waals surface area contributed by atoms with E-state index in [2.05, 4.69) is 0 Å². The molecule has 0 saturated heterocycles. The number of carbonyl (C=O) groups is 1. The molecule has 0 atom stereocenters. The van der Waals surface area contributed by atoms with E-state index in [1.165, 1.54) is 0 Å². The first-order chi connectivity index (χ1) is 8.05. The Bertz CT molecular complexity index is 466. The minimum atomic E-state index is -5.03. The molecule has 0 spiro atoms. The van der Waals surface area contributed by atoms with Gasteiger partial charge in [-0.1, -0.05) is 12.1 Å². The molecule has 0 heterocycles. The van der Waals surface area contributed by atoms with E-state index < -0.39 is 41.4 Å². The maximum Gasteiger partial charge on any atom is 0.419 e. The molecular formula is C10H6F6O2. The van der Waals surface area contributed by atoms with Gasteiger partial charge in [-0.2, -0.15) is 22.0 Å². The van der Waals surface area contributed by atoms with Gasteiger partial charge in [-0.3, -0.25) is 0 Å². The molecule has 0 aromatic heterocycles. The number of carboxylic acids is 1. The van der Waals surface area contributed by atoms with Crippen LogP contribution in [0.1, 0.15) is 11.1 Å². The molecule has 0 unspecified atom stereocenters. The summed E-state index contributed by atoms with van der Waals surface area (Å²) in [6, 6.07) is 1.80. The largest absolute Gasteiger partial charge is 0.477 e. The van der Waals surface area contributed by atoms with Gasteiger partial charge in [-0.05, 0) is 11.6 Å². The second kappa shape index (κ2) is 4.51. The quantitative estimate of drug-likeness (QED) is 0.858. The van der Waals surface area contributed by atoms with E-state index in [0.717, 1.165) is 6.07 Å². The van der Waals surface area contributed by atoms with Gasteiger partial charge in [-0.25, -0.2) is 9.18 Å². The molecule has 0 aliphatic heterocycles. The van der Waals surface area contributed by atoms with E-state index in [1.54, 1.807) is 0 Å². The number of hydrogen-bond acceptors (Lipinski definition) is 1. The molecule has 2 nitrogen and oxygen atoms in total. The van der Waals surface area contributed by atoms with Crippen LogP contribution in [0.5, 0.6) is 0 Å². The van der Waals surface area contributed by atoms with Gasteiger partial charge >= 0.3 is 18.1 Å². The van der Waals surface area contributed by atoms with Crippen LogP contribution >= 0.6 is 0 Å². The Labute approximate surface area is 96.8 Å². The lowest BCUT2D eigenvalue weighted by atomic mass is 10.0. The van der Waals surface area contributed by atoms with Crippen molar-refractivity contribution in [1.29, 1.82) is 0 Å². The highest BCUT2D eigenvalue weighted by molar-refractivity contribution is 5.75. The topological polar surface area (TPSA) is 37.3 Å². The number of halogens is 6. The van der Waals surface area contributed by atoms with Crippen LogP contribution in [0.2, 0.25) is 0 Å². The van der Waals surface area contributed by atoms with Crippen LogP contribution in [0.4, 0.5) is 26.3 Å². The summed E-state index contributed by atoms with van der Waals surface area (Å²) >= 11 is 0. The molecule has 0 radical (unpaired) electrons. The molecule has 0 fully saturated rings. The lowest BCUT2D eigenvalue weighted by Crippen LogP contribution is -2.31. The highest BCUT2D eigenvalue weighted by Crippen LogP contribution is 2.33. The highest BCUT2D eigenvalue weighted by atomic mass is 19.4. The van der Waals surface area contributed by atoms with Crippen LogP contribution in [-0.2, 0) is 17.4 Å². The molecule has 0 aliphatic carbocycles. The van der Waals surface area contributed by atoms with Gasteiger partial charge in [-0.15, -0.1) is 0 Å². The van der Waals surface area contributed by atoms with E-state index in [1.807, 2.05) is 0 Å². The van der Waals surface area contributed by atoms with Crippen LogP contribution in [0.3, 0.4) is 0 Å². The van der Waals surface area contributed by atoms with E-state index >= 15 is 0 Å². The first-order valence-corrected chi connectivity index (χ1v) is 4.51. The summed E-state index contributed by atoms with van der Waals surface area (Å²) in [6.07, 6.45) is -6.67. The lowest BCUT2D eigenvalue weighted by Gasteiger charge is -2.14. The second-order valence-electron chi connectivity index (χ2n) is 3.46. The Morgan fingerprint density at radius 3 is 2.17 bits per heavy atom. The molecule has 100 valence electrons. The normalized spacial score (nSPS) is 12.6. The number of benzene rings is 1. The predicted octanol–water partition coefficient (Wildman–Crippen LogP) is 3.11. The van der Waals surface area contributed by atoms with Gasteiger partial charge in [0.15, 0.2) is 0 Å². The van der Waals surface area contributed by atoms with Crippen molar-refractivity contribution in [1.82, 2.24) is 0 Å². The summed E-state index contributed by atoms with van der Waals surface area (Å²) in [5, 5.41) is 8.13. The summed E-state index contributed by atoms with van der Waals surface area (Å²) in [6.45, 7) is 0. The van der Waals surface area contributed by atoms with Crippen LogP contribution in [-0.4, -0.2) is 17.0 Å². The van der Waals surface area contributed by atoms with Gasteiger partial charge in [0.2, 0.25) is 0 Å².